The molecular weight excluding hydrogens is 176 g/mol. The van der Waals surface area contributed by atoms with Crippen LogP contribution in [0.1, 0.15) is 13.8 Å². The number of hydrogen-bond donors (Lipinski definition) is 1. The average molecular weight is 187 g/mol. The minimum atomic E-state index is -3.28. The number of halogens is 1. The predicted octanol–water partition coefficient (Wildman–Crippen LogP) is 0.367. The van der Waals surface area contributed by atoms with Crippen LogP contribution in [0.15, 0.2) is 0 Å². The molecule has 0 spiro atoms. The minimum absolute atomic E-state index is 0.0356. The highest BCUT2D eigenvalue weighted by atomic mass is 35.5. The molecule has 0 bridgehead atoms. The summed E-state index contributed by atoms with van der Waals surface area (Å²) in [6.07, 6.45) is -1.01. The Kier molecular flexibility index (Phi) is 3.62. The molecular formula is C5H11ClO3S. The first-order valence-corrected chi connectivity index (χ1v) is 5.10. The van der Waals surface area contributed by atoms with E-state index in [-0.39, 0.29) is 5.75 Å². The highest BCUT2D eigenvalue weighted by molar-refractivity contribution is 7.93. The molecule has 0 amide bonds. The summed E-state index contributed by atoms with van der Waals surface area (Å²) in [5.41, 5.74) is 0. The Morgan fingerprint density at radius 1 is 1.60 bits per heavy atom. The number of aliphatic hydroxyl groups is 1. The van der Waals surface area contributed by atoms with Crippen molar-refractivity contribution in [2.75, 3.05) is 5.75 Å². The van der Waals surface area contributed by atoms with E-state index in [1.807, 2.05) is 0 Å². The zero-order valence-corrected chi connectivity index (χ0v) is 7.48. The molecule has 2 atom stereocenters. The van der Waals surface area contributed by atoms with Gasteiger partial charge in [0.05, 0.1) is 6.10 Å². The van der Waals surface area contributed by atoms with E-state index in [1.54, 1.807) is 0 Å². The van der Waals surface area contributed by atoms with Crippen molar-refractivity contribution in [1.82, 2.24) is 0 Å². The molecule has 5 heteroatoms. The molecule has 0 heterocycles. The van der Waals surface area contributed by atoms with E-state index in [0.717, 1.165) is 0 Å². The van der Waals surface area contributed by atoms with Gasteiger partial charge in [0.1, 0.15) is 0 Å². The van der Waals surface area contributed by atoms with Crippen LogP contribution < -0.4 is 0 Å². The molecule has 62 valence electrons. The van der Waals surface area contributed by atoms with Gasteiger partial charge in [-0.3, -0.25) is 0 Å². The Morgan fingerprint density at radius 3 is 2.10 bits per heavy atom. The Balaban J connectivity index is 4.35. The van der Waals surface area contributed by atoms with E-state index in [0.29, 0.717) is 0 Å². The molecule has 0 saturated carbocycles. The molecule has 0 fully saturated rings. The van der Waals surface area contributed by atoms with Gasteiger partial charge in [-0.15, -0.1) is 11.6 Å². The number of aliphatic hydroxyl groups excluding tert-OH is 1. The van der Waals surface area contributed by atoms with Crippen LogP contribution in [0, 0.1) is 0 Å². The van der Waals surface area contributed by atoms with Crippen molar-refractivity contribution < 1.29 is 13.5 Å². The quantitative estimate of drug-likeness (QED) is 0.648. The number of hydrogen-bond acceptors (Lipinski definition) is 3. The maximum Gasteiger partial charge on any atom is 0.169 e. The van der Waals surface area contributed by atoms with E-state index in [2.05, 4.69) is 0 Å². The lowest BCUT2D eigenvalue weighted by Crippen LogP contribution is -2.27. The van der Waals surface area contributed by atoms with Crippen LogP contribution in [0.3, 0.4) is 0 Å². The maximum atomic E-state index is 10.8. The summed E-state index contributed by atoms with van der Waals surface area (Å²) in [5.74, 6) is -0.0356. The first-order chi connectivity index (χ1) is 4.41. The fourth-order valence-electron chi connectivity index (χ4n) is 0.459. The van der Waals surface area contributed by atoms with Crippen LogP contribution in [-0.2, 0) is 9.84 Å². The van der Waals surface area contributed by atoms with Crippen molar-refractivity contribution in [2.24, 2.45) is 0 Å². The lowest BCUT2D eigenvalue weighted by molar-refractivity contribution is 0.208. The van der Waals surface area contributed by atoms with Crippen molar-refractivity contribution in [1.29, 1.82) is 0 Å². The van der Waals surface area contributed by atoms with Gasteiger partial charge in [0, 0.05) is 5.75 Å². The Hall–Kier alpha value is 0.200. The molecule has 1 N–H and O–H groups in total. The lowest BCUT2D eigenvalue weighted by Gasteiger charge is -2.10. The zero-order chi connectivity index (χ0) is 8.36. The summed E-state index contributed by atoms with van der Waals surface area (Å²) in [4.78, 5) is 0. The fourth-order valence-corrected chi connectivity index (χ4v) is 1.76. The second-order valence-corrected chi connectivity index (χ2v) is 5.18. The van der Waals surface area contributed by atoms with Crippen molar-refractivity contribution in [3.05, 3.63) is 0 Å². The van der Waals surface area contributed by atoms with Crippen LogP contribution in [0.25, 0.3) is 0 Å². The molecule has 0 aliphatic carbocycles. The van der Waals surface area contributed by atoms with Gasteiger partial charge in [0.25, 0.3) is 0 Å². The van der Waals surface area contributed by atoms with E-state index in [9.17, 15) is 8.42 Å². The highest BCUT2D eigenvalue weighted by Crippen LogP contribution is 2.11. The smallest absolute Gasteiger partial charge is 0.169 e. The highest BCUT2D eigenvalue weighted by Gasteiger charge is 2.25. The number of sulfone groups is 1. The first-order valence-electron chi connectivity index (χ1n) is 2.95. The largest absolute Gasteiger partial charge is 0.391 e. The lowest BCUT2D eigenvalue weighted by atomic mass is 10.5. The molecule has 0 saturated heterocycles. The van der Waals surface area contributed by atoms with Crippen LogP contribution in [0.4, 0.5) is 0 Å². The predicted molar refractivity (Wildman–Crippen MR) is 40.8 cm³/mol. The van der Waals surface area contributed by atoms with Crippen molar-refractivity contribution in [3.63, 3.8) is 0 Å². The average Bonchev–Trinajstić information content (AvgIpc) is 1.86. The summed E-state index contributed by atoms with van der Waals surface area (Å²) in [6, 6.07) is 0. The normalized spacial score (nSPS) is 18.4. The van der Waals surface area contributed by atoms with Crippen molar-refractivity contribution >= 4 is 21.4 Å². The molecule has 0 radical (unpaired) electrons. The summed E-state index contributed by atoms with van der Waals surface area (Å²) < 4.78 is 20.5. The SMILES string of the molecule is CCS(=O)(=O)[C@@H](Cl)[C@@H](C)O. The summed E-state index contributed by atoms with van der Waals surface area (Å²) in [6.45, 7) is 2.85. The molecule has 0 aromatic rings. The third-order valence-electron chi connectivity index (χ3n) is 1.12. The standard InChI is InChI=1S/C5H11ClO3S/c1-3-10(8,9)5(6)4(2)7/h4-5,7H,3H2,1-2H3/t4-,5-/m1/s1. The number of alkyl halides is 1. The maximum absolute atomic E-state index is 10.8. The van der Waals surface area contributed by atoms with Gasteiger partial charge >= 0.3 is 0 Å². The van der Waals surface area contributed by atoms with E-state index < -0.39 is 20.7 Å². The van der Waals surface area contributed by atoms with Gasteiger partial charge in [-0.05, 0) is 6.92 Å². The third-order valence-corrected chi connectivity index (χ3v) is 4.19. The van der Waals surface area contributed by atoms with E-state index >= 15 is 0 Å². The van der Waals surface area contributed by atoms with Crippen LogP contribution >= 0.6 is 11.6 Å². The molecule has 0 rings (SSSR count). The molecule has 0 unspecified atom stereocenters. The summed E-state index contributed by atoms with van der Waals surface area (Å²) in [7, 11) is -3.28. The Morgan fingerprint density at radius 2 is 2.00 bits per heavy atom. The molecule has 0 aromatic carbocycles. The van der Waals surface area contributed by atoms with Gasteiger partial charge in [-0.2, -0.15) is 0 Å². The van der Waals surface area contributed by atoms with Crippen molar-refractivity contribution in [2.45, 2.75) is 24.7 Å². The Labute approximate surface area is 65.9 Å². The topological polar surface area (TPSA) is 54.4 Å². The van der Waals surface area contributed by atoms with Gasteiger partial charge in [0.15, 0.2) is 14.5 Å². The van der Waals surface area contributed by atoms with E-state index in [4.69, 9.17) is 16.7 Å². The molecule has 3 nitrogen and oxygen atoms in total. The molecule has 0 aliphatic rings. The monoisotopic (exact) mass is 186 g/mol. The van der Waals surface area contributed by atoms with Gasteiger partial charge in [-0.1, -0.05) is 6.92 Å². The summed E-state index contributed by atoms with van der Waals surface area (Å²) >= 11 is 5.37. The fraction of sp³-hybridized carbons (Fsp3) is 1.00. The Bertz CT molecular complexity index is 185. The van der Waals surface area contributed by atoms with Crippen LogP contribution in [0.2, 0.25) is 0 Å². The minimum Gasteiger partial charge on any atom is -0.391 e. The number of rotatable bonds is 3. The van der Waals surface area contributed by atoms with Crippen molar-refractivity contribution in [3.8, 4) is 0 Å². The van der Waals surface area contributed by atoms with Gasteiger partial charge in [0.2, 0.25) is 0 Å². The van der Waals surface area contributed by atoms with Gasteiger partial charge < -0.3 is 5.11 Å². The molecule has 0 aliphatic heterocycles. The first kappa shape index (κ1) is 10.2. The second kappa shape index (κ2) is 3.55. The molecule has 0 aromatic heterocycles. The van der Waals surface area contributed by atoms with Gasteiger partial charge in [-0.25, -0.2) is 8.42 Å². The van der Waals surface area contributed by atoms with E-state index in [1.165, 1.54) is 13.8 Å². The van der Waals surface area contributed by atoms with Crippen LogP contribution in [-0.4, -0.2) is 30.1 Å². The molecule has 10 heavy (non-hydrogen) atoms. The van der Waals surface area contributed by atoms with Crippen LogP contribution in [0.5, 0.6) is 0 Å². The summed E-state index contributed by atoms with van der Waals surface area (Å²) in [5, 5.41) is 8.78. The third kappa shape index (κ3) is 2.44. The second-order valence-electron chi connectivity index (χ2n) is 2.04. The zero-order valence-electron chi connectivity index (χ0n) is 5.91.